The van der Waals surface area contributed by atoms with Gasteiger partial charge in [0.15, 0.2) is 0 Å². The van der Waals surface area contributed by atoms with Crippen LogP contribution in [-0.4, -0.2) is 44.3 Å². The molecule has 1 rings (SSSR count). The van der Waals surface area contributed by atoms with Gasteiger partial charge in [0.25, 0.3) is 0 Å². The molecule has 0 aromatic heterocycles. The molecule has 0 aromatic carbocycles. The number of nitrogens with zero attached hydrogens (tertiary/aromatic N) is 1. The fraction of sp³-hybridized carbons (Fsp3) is 1.00. The highest BCUT2D eigenvalue weighted by atomic mass is 19.1. The van der Waals surface area contributed by atoms with E-state index in [1.54, 1.807) is 0 Å². The molecule has 0 radical (unpaired) electrons. The third-order valence-electron chi connectivity index (χ3n) is 2.07. The lowest BCUT2D eigenvalue weighted by Gasteiger charge is -2.13. The Kier molecular flexibility index (Phi) is 4.47. The van der Waals surface area contributed by atoms with Crippen LogP contribution in [0.5, 0.6) is 0 Å². The molecule has 0 spiro atoms. The molecule has 0 aromatic rings. The van der Waals surface area contributed by atoms with Gasteiger partial charge in [0.1, 0.15) is 6.67 Å². The van der Waals surface area contributed by atoms with Gasteiger partial charge < -0.3 is 10.2 Å². The van der Waals surface area contributed by atoms with Gasteiger partial charge in [0.2, 0.25) is 0 Å². The zero-order valence-corrected chi connectivity index (χ0v) is 6.98. The van der Waals surface area contributed by atoms with Crippen molar-refractivity contribution in [3.05, 3.63) is 0 Å². The van der Waals surface area contributed by atoms with Crippen LogP contribution in [0.2, 0.25) is 0 Å². The van der Waals surface area contributed by atoms with Gasteiger partial charge in [-0.05, 0) is 25.9 Å². The molecule has 0 atom stereocenters. The van der Waals surface area contributed by atoms with Gasteiger partial charge in [0.05, 0.1) is 0 Å². The van der Waals surface area contributed by atoms with Gasteiger partial charge in [-0.25, -0.2) is 4.39 Å². The summed E-state index contributed by atoms with van der Waals surface area (Å²) in [6, 6.07) is 0. The Morgan fingerprint density at radius 2 is 1.91 bits per heavy atom. The number of alkyl halides is 1. The number of likely N-dealkylation sites (tertiary alicyclic amines) is 1. The fourth-order valence-corrected chi connectivity index (χ4v) is 1.44. The van der Waals surface area contributed by atoms with Crippen LogP contribution in [0.3, 0.4) is 0 Å². The summed E-state index contributed by atoms with van der Waals surface area (Å²) in [5, 5.41) is 3.05. The summed E-state index contributed by atoms with van der Waals surface area (Å²) in [5.74, 6) is 0. The molecule has 1 heterocycles. The summed E-state index contributed by atoms with van der Waals surface area (Å²) in [7, 11) is 0. The van der Waals surface area contributed by atoms with E-state index in [9.17, 15) is 4.39 Å². The largest absolute Gasteiger partial charge is 0.313 e. The lowest BCUT2D eigenvalue weighted by Crippen LogP contribution is -2.30. The van der Waals surface area contributed by atoms with E-state index < -0.39 is 0 Å². The second kappa shape index (κ2) is 5.49. The van der Waals surface area contributed by atoms with Gasteiger partial charge in [-0.15, -0.1) is 0 Å². The van der Waals surface area contributed by atoms with Crippen molar-refractivity contribution < 1.29 is 4.39 Å². The standard InChI is InChI=1S/C8H17FN2/c9-3-4-10-5-8-11-6-1-2-7-11/h10H,1-8H2. The van der Waals surface area contributed by atoms with Crippen LogP contribution in [0.1, 0.15) is 12.8 Å². The molecular weight excluding hydrogens is 143 g/mol. The maximum Gasteiger partial charge on any atom is 0.102 e. The highest BCUT2D eigenvalue weighted by Crippen LogP contribution is 2.05. The van der Waals surface area contributed by atoms with E-state index in [2.05, 4.69) is 10.2 Å². The molecule has 1 saturated heterocycles. The maximum atomic E-state index is 11.6. The van der Waals surface area contributed by atoms with Gasteiger partial charge >= 0.3 is 0 Å². The summed E-state index contributed by atoms with van der Waals surface area (Å²) in [6.07, 6.45) is 2.67. The normalized spacial score (nSPS) is 19.4. The second-order valence-electron chi connectivity index (χ2n) is 2.99. The zero-order valence-electron chi connectivity index (χ0n) is 6.98. The molecule has 1 aliphatic rings. The van der Waals surface area contributed by atoms with Crippen molar-refractivity contribution in [2.45, 2.75) is 12.8 Å². The maximum absolute atomic E-state index is 11.6. The summed E-state index contributed by atoms with van der Waals surface area (Å²) in [5.41, 5.74) is 0. The molecule has 0 saturated carbocycles. The third-order valence-corrected chi connectivity index (χ3v) is 2.07. The first-order valence-corrected chi connectivity index (χ1v) is 4.42. The van der Waals surface area contributed by atoms with E-state index in [0.29, 0.717) is 6.54 Å². The average Bonchev–Trinajstić information content (AvgIpc) is 2.50. The Hall–Kier alpha value is -0.150. The van der Waals surface area contributed by atoms with Crippen LogP contribution in [0.4, 0.5) is 4.39 Å². The quantitative estimate of drug-likeness (QED) is 0.594. The zero-order chi connectivity index (χ0) is 7.94. The molecule has 66 valence electrons. The van der Waals surface area contributed by atoms with Crippen molar-refractivity contribution in [1.82, 2.24) is 10.2 Å². The van der Waals surface area contributed by atoms with Gasteiger partial charge in [-0.2, -0.15) is 0 Å². The summed E-state index contributed by atoms with van der Waals surface area (Å²) in [4.78, 5) is 2.42. The molecular formula is C8H17FN2. The third kappa shape index (κ3) is 3.68. The Morgan fingerprint density at radius 3 is 2.55 bits per heavy atom. The van der Waals surface area contributed by atoms with Gasteiger partial charge in [-0.3, -0.25) is 0 Å². The van der Waals surface area contributed by atoms with Crippen molar-refractivity contribution in [3.63, 3.8) is 0 Å². The minimum Gasteiger partial charge on any atom is -0.313 e. The summed E-state index contributed by atoms with van der Waals surface area (Å²) in [6.45, 7) is 4.74. The lowest BCUT2D eigenvalue weighted by molar-refractivity contribution is 0.332. The monoisotopic (exact) mass is 160 g/mol. The highest BCUT2D eigenvalue weighted by Gasteiger charge is 2.09. The second-order valence-corrected chi connectivity index (χ2v) is 2.99. The fourth-order valence-electron chi connectivity index (χ4n) is 1.44. The lowest BCUT2D eigenvalue weighted by atomic mass is 10.4. The Bertz CT molecular complexity index is 92.1. The number of rotatable bonds is 5. The minimum atomic E-state index is -0.250. The van der Waals surface area contributed by atoms with Crippen LogP contribution in [0.15, 0.2) is 0 Å². The van der Waals surface area contributed by atoms with Crippen molar-refractivity contribution in [1.29, 1.82) is 0 Å². The first-order valence-electron chi connectivity index (χ1n) is 4.42. The number of nitrogens with one attached hydrogen (secondary N) is 1. The van der Waals surface area contributed by atoms with E-state index in [4.69, 9.17) is 0 Å². The summed E-state index contributed by atoms with van der Waals surface area (Å²) < 4.78 is 11.6. The van der Waals surface area contributed by atoms with Crippen molar-refractivity contribution in [3.8, 4) is 0 Å². The van der Waals surface area contributed by atoms with Crippen molar-refractivity contribution in [2.24, 2.45) is 0 Å². The predicted molar refractivity (Wildman–Crippen MR) is 44.5 cm³/mol. The first-order chi connectivity index (χ1) is 5.43. The topological polar surface area (TPSA) is 15.3 Å². The SMILES string of the molecule is FCCNCCN1CCCC1. The molecule has 0 aliphatic carbocycles. The van der Waals surface area contributed by atoms with Crippen LogP contribution in [0, 0.1) is 0 Å². The molecule has 1 N–H and O–H groups in total. The first kappa shape index (κ1) is 8.94. The van der Waals surface area contributed by atoms with E-state index >= 15 is 0 Å². The molecule has 0 bridgehead atoms. The van der Waals surface area contributed by atoms with E-state index in [1.807, 2.05) is 0 Å². The van der Waals surface area contributed by atoms with E-state index in [1.165, 1.54) is 25.9 Å². The number of hydrogen-bond donors (Lipinski definition) is 1. The average molecular weight is 160 g/mol. The van der Waals surface area contributed by atoms with Crippen LogP contribution in [-0.2, 0) is 0 Å². The van der Waals surface area contributed by atoms with Crippen molar-refractivity contribution in [2.75, 3.05) is 39.4 Å². The number of halogens is 1. The Labute approximate surface area is 67.8 Å². The van der Waals surface area contributed by atoms with Gasteiger partial charge in [0, 0.05) is 19.6 Å². The number of hydrogen-bond acceptors (Lipinski definition) is 2. The van der Waals surface area contributed by atoms with Gasteiger partial charge in [-0.1, -0.05) is 0 Å². The molecule has 1 fully saturated rings. The molecule has 0 amide bonds. The molecule has 11 heavy (non-hydrogen) atoms. The molecule has 3 heteroatoms. The van der Waals surface area contributed by atoms with E-state index in [0.717, 1.165) is 13.1 Å². The molecule has 0 unspecified atom stereocenters. The molecule has 2 nitrogen and oxygen atoms in total. The van der Waals surface area contributed by atoms with E-state index in [-0.39, 0.29) is 6.67 Å². The smallest absolute Gasteiger partial charge is 0.102 e. The molecule has 1 aliphatic heterocycles. The van der Waals surface area contributed by atoms with Crippen LogP contribution >= 0.6 is 0 Å². The van der Waals surface area contributed by atoms with Crippen LogP contribution in [0.25, 0.3) is 0 Å². The minimum absolute atomic E-state index is 0.250. The summed E-state index contributed by atoms with van der Waals surface area (Å²) >= 11 is 0. The van der Waals surface area contributed by atoms with Crippen molar-refractivity contribution >= 4 is 0 Å². The Balaban J connectivity index is 1.86. The predicted octanol–water partition coefficient (Wildman–Crippen LogP) is 0.641. The van der Waals surface area contributed by atoms with Crippen LogP contribution < -0.4 is 5.32 Å². The Morgan fingerprint density at radius 1 is 1.18 bits per heavy atom. The highest BCUT2D eigenvalue weighted by molar-refractivity contribution is 4.66.